The van der Waals surface area contributed by atoms with Gasteiger partial charge in [-0.3, -0.25) is 9.59 Å². The molecule has 148 valence electrons. The number of rotatable bonds is 6. The van der Waals surface area contributed by atoms with Gasteiger partial charge in [-0.15, -0.1) is 11.3 Å². The molecule has 0 aliphatic rings. The van der Waals surface area contributed by atoms with Gasteiger partial charge in [0.25, 0.3) is 11.5 Å². The molecule has 0 saturated heterocycles. The maximum atomic E-state index is 13.4. The molecule has 1 aromatic carbocycles. The number of pyridine rings is 1. The van der Waals surface area contributed by atoms with Crippen LogP contribution in [0.25, 0.3) is 10.8 Å². The summed E-state index contributed by atoms with van der Waals surface area (Å²) < 4.78 is 1.48. The van der Waals surface area contributed by atoms with Gasteiger partial charge in [-0.2, -0.15) is 0 Å². The van der Waals surface area contributed by atoms with Crippen LogP contribution in [0.1, 0.15) is 27.0 Å². The van der Waals surface area contributed by atoms with E-state index in [1.165, 1.54) is 15.9 Å². The van der Waals surface area contributed by atoms with Crippen LogP contribution in [-0.2, 0) is 13.6 Å². The minimum Gasteiger partial charge on any atom is -0.386 e. The number of H-pyrrole nitrogens is 1. The molecule has 1 atom stereocenters. The molecule has 0 aliphatic carbocycles. The zero-order chi connectivity index (χ0) is 20.4. The standard InChI is InChI=1S/C22H21N3O3S/c1-24-10-9-16-17(21(24)27)12-23-20(16)22(28)25(13-15-6-3-2-4-7-15)14-18(26)19-8-5-11-29-19/h2-12,18,23,26H,13-14H2,1H3. The first kappa shape index (κ1) is 19.2. The lowest BCUT2D eigenvalue weighted by molar-refractivity contribution is 0.0606. The second kappa shape index (κ2) is 8.06. The van der Waals surface area contributed by atoms with Crippen LogP contribution >= 0.6 is 11.3 Å². The Hall–Kier alpha value is -3.16. The zero-order valence-electron chi connectivity index (χ0n) is 15.9. The highest BCUT2D eigenvalue weighted by atomic mass is 32.1. The summed E-state index contributed by atoms with van der Waals surface area (Å²) in [5, 5.41) is 13.6. The van der Waals surface area contributed by atoms with E-state index >= 15 is 0 Å². The van der Waals surface area contributed by atoms with Crippen molar-refractivity contribution in [1.29, 1.82) is 0 Å². The predicted octanol–water partition coefficient (Wildman–Crippen LogP) is 3.30. The molecule has 0 saturated carbocycles. The molecule has 0 radical (unpaired) electrons. The third-order valence-electron chi connectivity index (χ3n) is 4.92. The number of benzene rings is 1. The van der Waals surface area contributed by atoms with E-state index in [9.17, 15) is 14.7 Å². The number of carbonyl (C=O) groups excluding carboxylic acids is 1. The number of aromatic nitrogens is 2. The number of carbonyl (C=O) groups is 1. The highest BCUT2D eigenvalue weighted by Crippen LogP contribution is 2.23. The second-order valence-corrected chi connectivity index (χ2v) is 7.90. The van der Waals surface area contributed by atoms with Gasteiger partial charge in [0.2, 0.25) is 0 Å². The van der Waals surface area contributed by atoms with E-state index in [0.717, 1.165) is 10.4 Å². The molecular weight excluding hydrogens is 386 g/mol. The molecule has 3 aromatic heterocycles. The molecule has 6 nitrogen and oxygen atoms in total. The van der Waals surface area contributed by atoms with E-state index < -0.39 is 6.10 Å². The number of aryl methyl sites for hydroxylation is 1. The van der Waals surface area contributed by atoms with E-state index in [4.69, 9.17) is 0 Å². The second-order valence-electron chi connectivity index (χ2n) is 6.93. The molecule has 0 bridgehead atoms. The van der Waals surface area contributed by atoms with E-state index in [1.54, 1.807) is 30.4 Å². The molecule has 4 rings (SSSR count). The first-order chi connectivity index (χ1) is 14.0. The van der Waals surface area contributed by atoms with Crippen LogP contribution in [0.4, 0.5) is 0 Å². The topological polar surface area (TPSA) is 78.3 Å². The number of hydrogen-bond donors (Lipinski definition) is 2. The Kier molecular flexibility index (Phi) is 5.33. The van der Waals surface area contributed by atoms with Crippen LogP contribution in [0.15, 0.2) is 71.1 Å². The van der Waals surface area contributed by atoms with Gasteiger partial charge in [0.05, 0.1) is 11.9 Å². The first-order valence-corrected chi connectivity index (χ1v) is 10.1. The van der Waals surface area contributed by atoms with Gasteiger partial charge in [-0.25, -0.2) is 0 Å². The molecule has 4 aromatic rings. The third-order valence-corrected chi connectivity index (χ3v) is 5.89. The lowest BCUT2D eigenvalue weighted by Crippen LogP contribution is -2.34. The maximum absolute atomic E-state index is 13.4. The van der Waals surface area contributed by atoms with Crippen molar-refractivity contribution < 1.29 is 9.90 Å². The number of aromatic amines is 1. The molecule has 0 spiro atoms. The molecule has 7 heteroatoms. The maximum Gasteiger partial charge on any atom is 0.271 e. The summed E-state index contributed by atoms with van der Waals surface area (Å²) in [5.41, 5.74) is 1.16. The molecule has 3 heterocycles. The quantitative estimate of drug-likeness (QED) is 0.515. The van der Waals surface area contributed by atoms with Gasteiger partial charge in [0.15, 0.2) is 0 Å². The highest BCUT2D eigenvalue weighted by Gasteiger charge is 2.24. The number of aliphatic hydroxyl groups is 1. The fraction of sp³-hybridized carbons (Fsp3) is 0.182. The van der Waals surface area contributed by atoms with Gasteiger partial charge in [0, 0.05) is 36.2 Å². The number of aliphatic hydroxyl groups excluding tert-OH is 1. The number of thiophene rings is 1. The summed E-state index contributed by atoms with van der Waals surface area (Å²) in [5.74, 6) is -0.257. The molecule has 1 unspecified atom stereocenters. The number of amides is 1. The monoisotopic (exact) mass is 407 g/mol. The van der Waals surface area contributed by atoms with E-state index in [2.05, 4.69) is 4.98 Å². The van der Waals surface area contributed by atoms with Crippen molar-refractivity contribution in [3.8, 4) is 0 Å². The summed E-state index contributed by atoms with van der Waals surface area (Å²) in [4.78, 5) is 31.1. The Labute approximate surface area is 171 Å². The SMILES string of the molecule is Cn1ccc2c(C(=O)N(Cc3ccccc3)CC(O)c3cccs3)[nH]cc2c1=O. The minimum atomic E-state index is -0.781. The average molecular weight is 407 g/mol. The smallest absolute Gasteiger partial charge is 0.271 e. The summed E-state index contributed by atoms with van der Waals surface area (Å²) >= 11 is 1.45. The van der Waals surface area contributed by atoms with Crippen LogP contribution in [0.3, 0.4) is 0 Å². The largest absolute Gasteiger partial charge is 0.386 e. The lowest BCUT2D eigenvalue weighted by Gasteiger charge is -2.25. The summed E-state index contributed by atoms with van der Waals surface area (Å²) in [6.45, 7) is 0.507. The van der Waals surface area contributed by atoms with E-state index in [-0.39, 0.29) is 18.0 Å². The van der Waals surface area contributed by atoms with Crippen molar-refractivity contribution in [3.05, 3.63) is 92.8 Å². The minimum absolute atomic E-state index is 0.152. The molecule has 29 heavy (non-hydrogen) atoms. The number of hydrogen-bond acceptors (Lipinski definition) is 4. The van der Waals surface area contributed by atoms with Crippen molar-refractivity contribution in [2.75, 3.05) is 6.54 Å². The predicted molar refractivity (Wildman–Crippen MR) is 114 cm³/mol. The Morgan fingerprint density at radius 2 is 1.97 bits per heavy atom. The highest BCUT2D eigenvalue weighted by molar-refractivity contribution is 7.10. The summed E-state index contributed by atoms with van der Waals surface area (Å²) in [6, 6.07) is 15.1. The first-order valence-electron chi connectivity index (χ1n) is 9.26. The van der Waals surface area contributed by atoms with Gasteiger partial charge in [-0.1, -0.05) is 36.4 Å². The van der Waals surface area contributed by atoms with Crippen LogP contribution in [-0.4, -0.2) is 32.0 Å². The Morgan fingerprint density at radius 3 is 2.69 bits per heavy atom. The van der Waals surface area contributed by atoms with Crippen molar-refractivity contribution in [2.24, 2.45) is 7.05 Å². The van der Waals surface area contributed by atoms with Crippen LogP contribution in [0, 0.1) is 0 Å². The lowest BCUT2D eigenvalue weighted by atomic mass is 10.1. The van der Waals surface area contributed by atoms with Crippen LogP contribution < -0.4 is 5.56 Å². The Balaban J connectivity index is 1.69. The van der Waals surface area contributed by atoms with Crippen molar-refractivity contribution in [2.45, 2.75) is 12.6 Å². The molecule has 0 fully saturated rings. The molecular formula is C22H21N3O3S. The van der Waals surface area contributed by atoms with Gasteiger partial charge in [-0.05, 0) is 23.1 Å². The van der Waals surface area contributed by atoms with Crippen LogP contribution in [0.2, 0.25) is 0 Å². The summed E-state index contributed by atoms with van der Waals surface area (Å²) in [7, 11) is 1.68. The fourth-order valence-corrected chi connectivity index (χ4v) is 4.07. The number of nitrogens with zero attached hydrogens (tertiary/aromatic N) is 2. The van der Waals surface area contributed by atoms with E-state index in [1.807, 2.05) is 47.8 Å². The normalized spacial score (nSPS) is 12.2. The summed E-state index contributed by atoms with van der Waals surface area (Å²) in [6.07, 6.45) is 2.44. The van der Waals surface area contributed by atoms with Gasteiger partial charge in [0.1, 0.15) is 11.8 Å². The van der Waals surface area contributed by atoms with Crippen molar-refractivity contribution >= 4 is 28.0 Å². The number of nitrogens with one attached hydrogen (secondary N) is 1. The average Bonchev–Trinajstić information content (AvgIpc) is 3.41. The van der Waals surface area contributed by atoms with Gasteiger partial charge < -0.3 is 19.6 Å². The van der Waals surface area contributed by atoms with Crippen molar-refractivity contribution in [3.63, 3.8) is 0 Å². The molecule has 0 aliphatic heterocycles. The zero-order valence-corrected chi connectivity index (χ0v) is 16.7. The Morgan fingerprint density at radius 1 is 1.17 bits per heavy atom. The fourth-order valence-electron chi connectivity index (χ4n) is 3.37. The number of fused-ring (bicyclic) bond motifs is 1. The van der Waals surface area contributed by atoms with Crippen molar-refractivity contribution in [1.82, 2.24) is 14.5 Å². The van der Waals surface area contributed by atoms with Crippen LogP contribution in [0.5, 0.6) is 0 Å². The van der Waals surface area contributed by atoms with E-state index in [0.29, 0.717) is 23.0 Å². The molecule has 2 N–H and O–H groups in total. The van der Waals surface area contributed by atoms with Gasteiger partial charge >= 0.3 is 0 Å². The molecule has 1 amide bonds. The third kappa shape index (κ3) is 3.87. The Bertz CT molecular complexity index is 1180.